The Balaban J connectivity index is -0.000000136. The van der Waals surface area contributed by atoms with Crippen LogP contribution in [0.5, 0.6) is 0 Å². The maximum Gasteiger partial charge on any atom is 1.00 e. The zero-order chi connectivity index (χ0) is 36.2. The maximum absolute atomic E-state index is 7.50. The molecule has 0 heterocycles. The largest absolute Gasteiger partial charge is 1.00 e. The molecule has 0 aliphatic rings. The smallest absolute Gasteiger partial charge is 1.00 e. The number of benzene rings is 4. The van der Waals surface area contributed by atoms with E-state index in [4.69, 9.17) is 74.3 Å². The van der Waals surface area contributed by atoms with Gasteiger partial charge >= 0.3 is 107 Å². The normalized spacial score (nSPS) is 7.83. The van der Waals surface area contributed by atoms with Gasteiger partial charge in [-0.05, 0) is 71.3 Å². The van der Waals surface area contributed by atoms with Crippen molar-refractivity contribution < 1.29 is 66.9 Å². The van der Waals surface area contributed by atoms with Crippen LogP contribution in [0.25, 0.3) is 10.9 Å². The minimum absolute atomic E-state index is 0. The van der Waals surface area contributed by atoms with Gasteiger partial charge in [-0.2, -0.15) is 0 Å². The molecule has 0 aromatic heterocycles. The van der Waals surface area contributed by atoms with E-state index in [1.54, 1.807) is 97.1 Å². The molecular weight excluding hydrogens is 884 g/mol. The minimum atomic E-state index is 0. The average Bonchev–Trinajstić information content (AvgIpc) is 3.14. The molecule has 12 nitrogen and oxygen atoms in total. The Labute approximate surface area is 322 Å². The molecule has 0 unspecified atom stereocenters. The molecule has 2 radical (unpaired) electrons. The molecule has 0 saturated carbocycles. The quantitative estimate of drug-likeness (QED) is 0.0584. The molecule has 4 rings (SSSR count). The van der Waals surface area contributed by atoms with Crippen LogP contribution in [-0.2, 0) is 66.9 Å². The standard InChI is InChI=1S/2C12H8Cl2N3.6CO.2Ru/c2*13-9-1-5-11(6-2-9)15-17-16-12-7-3-10(14)4-8-12;6*1-2;;/h2*1-8H;;;;;;;;/q2*-1;;;;;;;2*+1. The van der Waals surface area contributed by atoms with E-state index in [9.17, 15) is 0 Å². The Kier molecular flexibility index (Phi) is 51.5. The van der Waals surface area contributed by atoms with E-state index in [0.29, 0.717) is 42.8 Å². The van der Waals surface area contributed by atoms with E-state index in [0.717, 1.165) is 0 Å². The molecular formula is C30H16Cl4N6O6Ru2. The summed E-state index contributed by atoms with van der Waals surface area (Å²) in [6.07, 6.45) is 0. The van der Waals surface area contributed by atoms with E-state index in [1.165, 1.54) is 0 Å². The maximum atomic E-state index is 7.50. The van der Waals surface area contributed by atoms with Crippen molar-refractivity contribution in [3.8, 4) is 0 Å². The first-order chi connectivity index (χ1) is 22.5. The van der Waals surface area contributed by atoms with E-state index < -0.39 is 0 Å². The summed E-state index contributed by atoms with van der Waals surface area (Å²) in [6, 6.07) is 28.1. The Morgan fingerprint density at radius 2 is 0.542 bits per heavy atom. The molecule has 0 amide bonds. The van der Waals surface area contributed by atoms with E-state index >= 15 is 0 Å². The van der Waals surface area contributed by atoms with Crippen molar-refractivity contribution in [2.45, 2.75) is 0 Å². The van der Waals surface area contributed by atoms with Gasteiger partial charge in [0.2, 0.25) is 0 Å². The summed E-state index contributed by atoms with van der Waals surface area (Å²) in [6.45, 7) is 27.0. The van der Waals surface area contributed by atoms with E-state index in [2.05, 4.69) is 71.4 Å². The number of rotatable bonds is 6. The van der Waals surface area contributed by atoms with Crippen LogP contribution in [0.3, 0.4) is 0 Å². The fourth-order valence-corrected chi connectivity index (χ4v) is 2.79. The molecule has 0 bridgehead atoms. The van der Waals surface area contributed by atoms with Crippen LogP contribution in [0.15, 0.2) is 118 Å². The summed E-state index contributed by atoms with van der Waals surface area (Å²) < 4.78 is 45.0. The molecule has 0 spiro atoms. The Morgan fingerprint density at radius 1 is 0.354 bits per heavy atom. The van der Waals surface area contributed by atoms with Crippen molar-refractivity contribution in [1.82, 2.24) is 0 Å². The number of hydrogen-bond acceptors (Lipinski definition) is 4. The first kappa shape index (κ1) is 56.8. The molecule has 48 heavy (non-hydrogen) atoms. The van der Waals surface area contributed by atoms with Crippen LogP contribution < -0.4 is 0 Å². The third kappa shape index (κ3) is 31.1. The van der Waals surface area contributed by atoms with Crippen molar-refractivity contribution in [3.63, 3.8) is 0 Å². The summed E-state index contributed by atoms with van der Waals surface area (Å²) in [7, 11) is 0. The molecule has 0 atom stereocenters. The van der Waals surface area contributed by atoms with E-state index in [1.807, 2.05) is 0 Å². The second-order valence-corrected chi connectivity index (χ2v) is 8.23. The Bertz CT molecular complexity index is 1370. The van der Waals surface area contributed by atoms with Crippen LogP contribution in [0.2, 0.25) is 20.1 Å². The van der Waals surface area contributed by atoms with Gasteiger partial charge in [-0.3, -0.25) is 10.4 Å². The molecule has 18 heteroatoms. The van der Waals surface area contributed by atoms with Crippen LogP contribution in [0.4, 0.5) is 22.7 Å². The topological polar surface area (TPSA) is 197 Å². The third-order valence-corrected chi connectivity index (χ3v) is 4.96. The van der Waals surface area contributed by atoms with Gasteiger partial charge in [-0.25, -0.2) is 0 Å². The second-order valence-electron chi connectivity index (χ2n) is 6.48. The summed E-state index contributed by atoms with van der Waals surface area (Å²) in [5, 5.41) is 18.0. The van der Waals surface area contributed by atoms with Gasteiger partial charge in [-0.15, -0.1) is 0 Å². The molecule has 0 fully saturated rings. The summed E-state index contributed by atoms with van der Waals surface area (Å²) in [4.78, 5) is 0. The number of nitrogens with zero attached hydrogens (tertiary/aromatic N) is 6. The molecule has 4 aromatic carbocycles. The second kappa shape index (κ2) is 43.5. The molecule has 0 saturated heterocycles. The Hall–Kier alpha value is -3.47. The predicted molar refractivity (Wildman–Crippen MR) is 164 cm³/mol. The Morgan fingerprint density at radius 3 is 0.750 bits per heavy atom. The number of halogens is 4. The number of hydrogen-bond donors (Lipinski definition) is 0. The van der Waals surface area contributed by atoms with Crippen LogP contribution >= 0.6 is 46.4 Å². The molecule has 4 aromatic rings. The first-order valence-corrected chi connectivity index (χ1v) is 12.5. The minimum Gasteiger partial charge on any atom is 1.00 e. The molecule has 246 valence electrons. The van der Waals surface area contributed by atoms with Crippen molar-refractivity contribution in [3.05, 3.63) is 168 Å². The van der Waals surface area contributed by atoms with Gasteiger partial charge in [-0.1, -0.05) is 94.9 Å². The van der Waals surface area contributed by atoms with Crippen molar-refractivity contribution in [2.24, 2.45) is 20.7 Å². The first-order valence-electron chi connectivity index (χ1n) is 11.0. The van der Waals surface area contributed by atoms with Gasteiger partial charge in [0.15, 0.2) is 0 Å². The van der Waals surface area contributed by atoms with Crippen molar-refractivity contribution in [1.29, 1.82) is 0 Å². The molecule has 0 aliphatic carbocycles. The third-order valence-electron chi connectivity index (χ3n) is 3.95. The zero-order valence-corrected chi connectivity index (χ0v) is 30.1. The van der Waals surface area contributed by atoms with Crippen LogP contribution in [-0.4, -0.2) is 0 Å². The van der Waals surface area contributed by atoms with Crippen molar-refractivity contribution >= 4 is 69.2 Å². The van der Waals surface area contributed by atoms with Gasteiger partial charge < -0.3 is 21.1 Å². The average molecular weight is 900 g/mol. The fraction of sp³-hybridized carbons (Fsp3) is 0. The zero-order valence-electron chi connectivity index (χ0n) is 23.6. The van der Waals surface area contributed by atoms with Gasteiger partial charge in [0.05, 0.1) is 0 Å². The summed E-state index contributed by atoms with van der Waals surface area (Å²) in [5.74, 6) is 0. The van der Waals surface area contributed by atoms with Gasteiger partial charge in [0, 0.05) is 20.1 Å². The van der Waals surface area contributed by atoms with Gasteiger partial charge in [0.1, 0.15) is 0 Å². The predicted octanol–water partition coefficient (Wildman–Crippen LogP) is 11.2. The summed E-state index contributed by atoms with van der Waals surface area (Å²) >= 11 is 23.0. The SMILES string of the molecule is Clc1ccc(N=N[N-]c2ccc(Cl)cc2)cc1.Clc1ccc(N=N[N-]c2ccc(Cl)cc2)cc1.[C-]#[O+].[C-]#[O+].[C-]#[O+].[C-]#[O+].[C-]#[O+].[C-]#[O+].[Ru+].[Ru+]. The van der Waals surface area contributed by atoms with Crippen LogP contribution in [0, 0.1) is 39.9 Å². The van der Waals surface area contributed by atoms with Crippen LogP contribution in [0.1, 0.15) is 0 Å². The van der Waals surface area contributed by atoms with E-state index in [-0.39, 0.29) is 39.0 Å². The molecule has 0 N–H and O–H groups in total. The van der Waals surface area contributed by atoms with Gasteiger partial charge in [0.25, 0.3) is 0 Å². The molecule has 0 aliphatic heterocycles. The monoisotopic (exact) mass is 900 g/mol. The summed E-state index contributed by atoms with van der Waals surface area (Å²) in [5.41, 5.74) is 10.7. The van der Waals surface area contributed by atoms with Crippen molar-refractivity contribution in [2.75, 3.05) is 0 Å². The fourth-order valence-electron chi connectivity index (χ4n) is 2.28.